The van der Waals surface area contributed by atoms with Crippen LogP contribution in [-0.2, 0) is 22.2 Å². The van der Waals surface area contributed by atoms with Gasteiger partial charge in [-0.15, -0.1) is 0 Å². The quantitative estimate of drug-likeness (QED) is 0.696. The zero-order chi connectivity index (χ0) is 24.9. The van der Waals surface area contributed by atoms with Crippen LogP contribution in [0.2, 0.25) is 0 Å². The average Bonchev–Trinajstić information content (AvgIpc) is 2.85. The average molecular weight is 474 g/mol. The van der Waals surface area contributed by atoms with E-state index in [0.717, 1.165) is 17.7 Å². The number of aryl methyl sites for hydroxylation is 1. The van der Waals surface area contributed by atoms with Crippen LogP contribution in [0.25, 0.3) is 0 Å². The number of likely N-dealkylation sites (N-methyl/N-ethyl adjacent to an activating group) is 1. The Kier molecular flexibility index (Phi) is 7.66. The van der Waals surface area contributed by atoms with E-state index in [4.69, 9.17) is 10.00 Å². The normalized spacial score (nSPS) is 16.1. The Labute approximate surface area is 195 Å². The van der Waals surface area contributed by atoms with Crippen molar-refractivity contribution < 1.29 is 27.5 Å². The minimum absolute atomic E-state index is 0.0397. The number of nitriles is 1. The second kappa shape index (κ2) is 10.5. The Bertz CT molecular complexity index is 1100. The molecule has 1 heterocycles. The number of anilines is 1. The molecule has 2 amide bonds. The van der Waals surface area contributed by atoms with E-state index in [9.17, 15) is 22.8 Å². The van der Waals surface area contributed by atoms with Gasteiger partial charge in [-0.2, -0.15) is 18.4 Å². The number of hydrogen-bond acceptors (Lipinski definition) is 5. The lowest BCUT2D eigenvalue weighted by atomic mass is 10.0. The fourth-order valence-electron chi connectivity index (χ4n) is 3.99. The summed E-state index contributed by atoms with van der Waals surface area (Å²) in [6, 6.07) is 11.5. The number of rotatable bonds is 6. The van der Waals surface area contributed by atoms with Crippen LogP contribution in [-0.4, -0.2) is 56.5 Å². The van der Waals surface area contributed by atoms with Crippen LogP contribution in [0.15, 0.2) is 42.5 Å². The van der Waals surface area contributed by atoms with Crippen LogP contribution in [0, 0.1) is 11.3 Å². The highest BCUT2D eigenvalue weighted by molar-refractivity contribution is 5.87. The van der Waals surface area contributed by atoms with Crippen LogP contribution < -0.4 is 15.0 Å². The minimum atomic E-state index is -4.71. The minimum Gasteiger partial charge on any atom is -0.497 e. The van der Waals surface area contributed by atoms with E-state index < -0.39 is 29.3 Å². The lowest BCUT2D eigenvalue weighted by Crippen LogP contribution is -2.60. The van der Waals surface area contributed by atoms with Crippen molar-refractivity contribution in [1.82, 2.24) is 10.2 Å². The van der Waals surface area contributed by atoms with Gasteiger partial charge < -0.3 is 19.9 Å². The summed E-state index contributed by atoms with van der Waals surface area (Å²) in [4.78, 5) is 28.6. The SMILES string of the molecule is CNC(=O)C1CN(C(=O)CCc2cccc(OC)c2)CCN1c1ccc(C#N)c(C(F)(F)F)c1. The maximum atomic E-state index is 13.4. The number of amides is 2. The van der Waals surface area contributed by atoms with Gasteiger partial charge in [0.05, 0.1) is 30.9 Å². The highest BCUT2D eigenvalue weighted by atomic mass is 19.4. The standard InChI is InChI=1S/C24H25F3N4O3/c1-29-23(33)21-15-30(22(32)9-6-16-4-3-5-19(12-16)34-2)10-11-31(21)18-8-7-17(14-28)20(13-18)24(25,26)27/h3-5,7-8,12-13,21H,6,9-11,15H2,1-2H3,(H,29,33). The molecule has 0 saturated carbocycles. The Morgan fingerprint density at radius 2 is 1.97 bits per heavy atom. The zero-order valence-electron chi connectivity index (χ0n) is 18.9. The highest BCUT2D eigenvalue weighted by Gasteiger charge is 2.37. The summed E-state index contributed by atoms with van der Waals surface area (Å²) in [6.45, 7) is 0.468. The number of hydrogen-bond donors (Lipinski definition) is 1. The lowest BCUT2D eigenvalue weighted by molar-refractivity contribution is -0.137. The van der Waals surface area contributed by atoms with Crippen LogP contribution in [0.4, 0.5) is 18.9 Å². The number of benzene rings is 2. The van der Waals surface area contributed by atoms with Crippen LogP contribution in [0.3, 0.4) is 0 Å². The van der Waals surface area contributed by atoms with E-state index >= 15 is 0 Å². The molecule has 1 unspecified atom stereocenters. The van der Waals surface area contributed by atoms with E-state index in [-0.39, 0.29) is 37.6 Å². The molecule has 1 N–H and O–H groups in total. The molecule has 0 spiro atoms. The predicted molar refractivity (Wildman–Crippen MR) is 119 cm³/mol. The molecule has 0 bridgehead atoms. The molecule has 0 aliphatic carbocycles. The number of halogens is 3. The molecule has 3 rings (SSSR count). The van der Waals surface area contributed by atoms with Gasteiger partial charge >= 0.3 is 6.18 Å². The summed E-state index contributed by atoms with van der Waals surface area (Å²) in [5.74, 6) is 0.134. The number of nitrogens with zero attached hydrogens (tertiary/aromatic N) is 3. The molecule has 10 heteroatoms. The maximum Gasteiger partial charge on any atom is 0.417 e. The number of carbonyl (C=O) groups is 2. The third-order valence-corrected chi connectivity index (χ3v) is 5.80. The molecular formula is C24H25F3N4O3. The van der Waals surface area contributed by atoms with Crippen molar-refractivity contribution >= 4 is 17.5 Å². The molecule has 1 fully saturated rings. The van der Waals surface area contributed by atoms with Crippen molar-refractivity contribution in [2.75, 3.05) is 38.7 Å². The molecule has 7 nitrogen and oxygen atoms in total. The van der Waals surface area contributed by atoms with Gasteiger partial charge in [-0.25, -0.2) is 0 Å². The molecule has 34 heavy (non-hydrogen) atoms. The Morgan fingerprint density at radius 1 is 1.21 bits per heavy atom. The van der Waals surface area contributed by atoms with Gasteiger partial charge in [0.15, 0.2) is 0 Å². The van der Waals surface area contributed by atoms with Crippen molar-refractivity contribution in [1.29, 1.82) is 5.26 Å². The number of carbonyl (C=O) groups excluding carboxylic acids is 2. The van der Waals surface area contributed by atoms with Gasteiger partial charge in [-0.1, -0.05) is 12.1 Å². The molecule has 1 aliphatic rings. The molecule has 1 saturated heterocycles. The summed E-state index contributed by atoms with van der Waals surface area (Å²) in [5, 5.41) is 11.6. The van der Waals surface area contributed by atoms with Gasteiger partial charge in [-0.3, -0.25) is 9.59 Å². The number of ether oxygens (including phenoxy) is 1. The van der Waals surface area contributed by atoms with Gasteiger partial charge in [0.1, 0.15) is 11.8 Å². The second-order valence-corrected chi connectivity index (χ2v) is 7.85. The summed E-state index contributed by atoms with van der Waals surface area (Å²) in [5.41, 5.74) is -0.436. The van der Waals surface area contributed by atoms with E-state index in [2.05, 4.69) is 5.32 Å². The van der Waals surface area contributed by atoms with Crippen LogP contribution in [0.5, 0.6) is 5.75 Å². The van der Waals surface area contributed by atoms with E-state index in [0.29, 0.717) is 12.2 Å². The first-order valence-corrected chi connectivity index (χ1v) is 10.7. The van der Waals surface area contributed by atoms with Crippen molar-refractivity contribution in [3.8, 4) is 11.8 Å². The van der Waals surface area contributed by atoms with Gasteiger partial charge in [0.25, 0.3) is 0 Å². The Balaban J connectivity index is 1.77. The van der Waals surface area contributed by atoms with Gasteiger partial charge in [0, 0.05) is 32.2 Å². The number of piperazine rings is 1. The topological polar surface area (TPSA) is 85.7 Å². The summed E-state index contributed by atoms with van der Waals surface area (Å²) in [6.07, 6.45) is -3.99. The molecule has 0 aromatic heterocycles. The molecule has 0 radical (unpaired) electrons. The first-order chi connectivity index (χ1) is 16.2. The van der Waals surface area contributed by atoms with Gasteiger partial charge in [-0.05, 0) is 42.3 Å². The third-order valence-electron chi connectivity index (χ3n) is 5.80. The van der Waals surface area contributed by atoms with Crippen LogP contribution in [0.1, 0.15) is 23.1 Å². The Morgan fingerprint density at radius 3 is 2.62 bits per heavy atom. The zero-order valence-corrected chi connectivity index (χ0v) is 18.9. The van der Waals surface area contributed by atoms with Crippen LogP contribution >= 0.6 is 0 Å². The fraction of sp³-hybridized carbons (Fsp3) is 0.375. The first-order valence-electron chi connectivity index (χ1n) is 10.7. The number of nitrogens with one attached hydrogen (secondary N) is 1. The smallest absolute Gasteiger partial charge is 0.417 e. The van der Waals surface area contributed by atoms with Crippen molar-refractivity contribution in [2.45, 2.75) is 25.1 Å². The predicted octanol–water partition coefficient (Wildman–Crippen LogP) is 2.98. The first kappa shape index (κ1) is 24.9. The highest BCUT2D eigenvalue weighted by Crippen LogP contribution is 2.35. The third kappa shape index (κ3) is 5.60. The second-order valence-electron chi connectivity index (χ2n) is 7.85. The van der Waals surface area contributed by atoms with E-state index in [1.807, 2.05) is 24.3 Å². The number of alkyl halides is 3. The largest absolute Gasteiger partial charge is 0.497 e. The Hall–Kier alpha value is -3.74. The fourth-order valence-corrected chi connectivity index (χ4v) is 3.99. The summed E-state index contributed by atoms with van der Waals surface area (Å²) in [7, 11) is 3.00. The molecular weight excluding hydrogens is 449 g/mol. The maximum absolute atomic E-state index is 13.4. The monoisotopic (exact) mass is 474 g/mol. The summed E-state index contributed by atoms with van der Waals surface area (Å²) >= 11 is 0. The molecule has 1 aliphatic heterocycles. The van der Waals surface area contributed by atoms with Crippen molar-refractivity contribution in [3.05, 3.63) is 59.2 Å². The molecule has 1 atom stereocenters. The number of methoxy groups -OCH3 is 1. The molecule has 2 aromatic rings. The lowest BCUT2D eigenvalue weighted by Gasteiger charge is -2.42. The van der Waals surface area contributed by atoms with Gasteiger partial charge in [0.2, 0.25) is 11.8 Å². The molecule has 2 aromatic carbocycles. The van der Waals surface area contributed by atoms with Crippen molar-refractivity contribution in [2.24, 2.45) is 0 Å². The van der Waals surface area contributed by atoms with E-state index in [1.165, 1.54) is 13.1 Å². The van der Waals surface area contributed by atoms with Crippen molar-refractivity contribution in [3.63, 3.8) is 0 Å². The summed E-state index contributed by atoms with van der Waals surface area (Å²) < 4.78 is 45.5. The molecule has 180 valence electrons. The van der Waals surface area contributed by atoms with E-state index in [1.54, 1.807) is 23.0 Å².